The summed E-state index contributed by atoms with van der Waals surface area (Å²) in [6.07, 6.45) is 39.7. The Morgan fingerprint density at radius 1 is 0.372 bits per heavy atom. The first-order valence-electron chi connectivity index (χ1n) is 19.6. The highest BCUT2D eigenvalue weighted by molar-refractivity contribution is 5.84. The second kappa shape index (κ2) is 32.6. The van der Waals surface area contributed by atoms with Gasteiger partial charge in [-0.05, 0) is 19.8 Å². The van der Waals surface area contributed by atoms with Crippen LogP contribution in [0, 0.1) is 0 Å². The normalized spacial score (nSPS) is 11.8. The van der Waals surface area contributed by atoms with Crippen molar-refractivity contribution < 1.29 is 19.2 Å². The molecule has 0 spiro atoms. The zero-order valence-electron chi connectivity index (χ0n) is 29.8. The molecule has 0 bridgehead atoms. The summed E-state index contributed by atoms with van der Waals surface area (Å²) in [7, 11) is 0. The molecule has 0 aliphatic rings. The first-order valence-corrected chi connectivity index (χ1v) is 19.6. The summed E-state index contributed by atoms with van der Waals surface area (Å²) in [5.74, 6) is -0.156. The molecule has 4 heteroatoms. The maximum absolute atomic E-state index is 13.1. The summed E-state index contributed by atoms with van der Waals surface area (Å²) < 4.78 is -0.364. The van der Waals surface area contributed by atoms with Crippen molar-refractivity contribution in [3.63, 3.8) is 0 Å². The fraction of sp³-hybridized carbons (Fsp3) is 0.949. The van der Waals surface area contributed by atoms with Gasteiger partial charge in [0, 0.05) is 0 Å². The standard InChI is InChI=1S/C39H78NO3/c1-4-7-9-11-13-15-17-19-21-23-25-27-29-31-33-35-38(42)40(6-3,37-41)39(43)36-34-32-30-28-26-24-22-20-18-16-14-12-10-8-5-2/h41H,4-37H2,1-3H3/q+1. The number of amides is 2. The van der Waals surface area contributed by atoms with Gasteiger partial charge in [-0.15, -0.1) is 0 Å². The minimum atomic E-state index is -0.383. The minimum absolute atomic E-state index is 0.0781. The third kappa shape index (κ3) is 24.2. The van der Waals surface area contributed by atoms with E-state index in [1.165, 1.54) is 167 Å². The van der Waals surface area contributed by atoms with E-state index >= 15 is 0 Å². The molecule has 0 heterocycles. The lowest BCUT2D eigenvalue weighted by Gasteiger charge is -2.30. The monoisotopic (exact) mass is 609 g/mol. The number of aliphatic hydroxyl groups excluding tert-OH is 1. The number of nitrogens with zero attached hydrogens (tertiary/aromatic N) is 1. The van der Waals surface area contributed by atoms with Crippen molar-refractivity contribution >= 4 is 11.8 Å². The van der Waals surface area contributed by atoms with E-state index in [9.17, 15) is 14.7 Å². The summed E-state index contributed by atoms with van der Waals surface area (Å²) in [5.41, 5.74) is 0. The average Bonchev–Trinajstić information content (AvgIpc) is 3.01. The smallest absolute Gasteiger partial charge is 0.322 e. The molecule has 0 saturated heterocycles. The number of imide groups is 1. The Balaban J connectivity index is 3.80. The fourth-order valence-corrected chi connectivity index (χ4v) is 6.47. The Bertz CT molecular complexity index is 553. The molecule has 0 aromatic carbocycles. The van der Waals surface area contributed by atoms with Crippen LogP contribution in [0.3, 0.4) is 0 Å². The van der Waals surface area contributed by atoms with Crippen LogP contribution in [0.2, 0.25) is 0 Å². The second-order valence-electron chi connectivity index (χ2n) is 13.6. The summed E-state index contributed by atoms with van der Waals surface area (Å²) in [6, 6.07) is 0. The van der Waals surface area contributed by atoms with Crippen LogP contribution in [0.15, 0.2) is 0 Å². The molecule has 0 radical (unpaired) electrons. The molecule has 256 valence electrons. The summed E-state index contributed by atoms with van der Waals surface area (Å²) in [4.78, 5) is 26.1. The summed E-state index contributed by atoms with van der Waals surface area (Å²) in [5, 5.41) is 10.1. The highest BCUT2D eigenvalue weighted by atomic mass is 16.3. The van der Waals surface area contributed by atoms with Crippen LogP contribution in [-0.4, -0.2) is 34.7 Å². The van der Waals surface area contributed by atoms with E-state index in [0.29, 0.717) is 19.4 Å². The third-order valence-electron chi connectivity index (χ3n) is 9.72. The molecule has 0 aromatic heterocycles. The Morgan fingerprint density at radius 2 is 0.581 bits per heavy atom. The molecule has 0 rings (SSSR count). The molecule has 0 aliphatic carbocycles. The highest BCUT2D eigenvalue weighted by Gasteiger charge is 2.41. The van der Waals surface area contributed by atoms with Crippen LogP contribution in [0.1, 0.15) is 226 Å². The molecule has 43 heavy (non-hydrogen) atoms. The second-order valence-corrected chi connectivity index (χ2v) is 13.6. The van der Waals surface area contributed by atoms with Gasteiger partial charge in [0.2, 0.25) is 0 Å². The van der Waals surface area contributed by atoms with Gasteiger partial charge in [0.15, 0.2) is 6.73 Å². The topological polar surface area (TPSA) is 54.4 Å². The molecule has 0 aromatic rings. The molecule has 0 saturated carbocycles. The first kappa shape index (κ1) is 42.3. The van der Waals surface area contributed by atoms with Gasteiger partial charge < -0.3 is 5.11 Å². The molecule has 2 amide bonds. The van der Waals surface area contributed by atoms with Gasteiger partial charge in [-0.2, -0.15) is 4.48 Å². The van der Waals surface area contributed by atoms with Crippen LogP contribution < -0.4 is 0 Å². The van der Waals surface area contributed by atoms with E-state index in [-0.39, 0.29) is 23.0 Å². The van der Waals surface area contributed by atoms with E-state index in [1.54, 1.807) is 0 Å². The molecule has 0 aliphatic heterocycles. The average molecular weight is 609 g/mol. The van der Waals surface area contributed by atoms with Crippen LogP contribution in [0.25, 0.3) is 0 Å². The quantitative estimate of drug-likeness (QED) is 0.0449. The van der Waals surface area contributed by atoms with Crippen molar-refractivity contribution in [1.82, 2.24) is 0 Å². The van der Waals surface area contributed by atoms with Crippen molar-refractivity contribution in [2.45, 2.75) is 226 Å². The van der Waals surface area contributed by atoms with Crippen molar-refractivity contribution in [2.24, 2.45) is 0 Å². The molecule has 0 atom stereocenters. The van der Waals surface area contributed by atoms with Crippen molar-refractivity contribution in [1.29, 1.82) is 0 Å². The number of unbranched alkanes of at least 4 members (excludes halogenated alkanes) is 28. The van der Waals surface area contributed by atoms with Gasteiger partial charge in [-0.25, -0.2) is 9.59 Å². The van der Waals surface area contributed by atoms with Gasteiger partial charge in [-0.3, -0.25) is 0 Å². The van der Waals surface area contributed by atoms with Crippen molar-refractivity contribution in [3.05, 3.63) is 0 Å². The molecule has 0 fully saturated rings. The number of carbonyl (C=O) groups excluding carboxylic acids is 2. The Hall–Kier alpha value is -0.740. The van der Waals surface area contributed by atoms with Crippen molar-refractivity contribution in [3.8, 4) is 0 Å². The molecular weight excluding hydrogens is 530 g/mol. The van der Waals surface area contributed by atoms with E-state index in [0.717, 1.165) is 25.7 Å². The van der Waals surface area contributed by atoms with Crippen LogP contribution in [0.5, 0.6) is 0 Å². The molecule has 1 N–H and O–H groups in total. The molecule has 0 unspecified atom stereocenters. The van der Waals surface area contributed by atoms with E-state index in [2.05, 4.69) is 13.8 Å². The minimum Gasteiger partial charge on any atom is -0.346 e. The van der Waals surface area contributed by atoms with Gasteiger partial charge in [0.25, 0.3) is 0 Å². The Morgan fingerprint density at radius 3 is 0.767 bits per heavy atom. The number of hydrogen-bond donors (Lipinski definition) is 1. The van der Waals surface area contributed by atoms with Crippen LogP contribution in [-0.2, 0) is 9.59 Å². The van der Waals surface area contributed by atoms with Gasteiger partial charge in [0.05, 0.1) is 19.4 Å². The van der Waals surface area contributed by atoms with Crippen LogP contribution >= 0.6 is 0 Å². The lowest BCUT2D eigenvalue weighted by molar-refractivity contribution is -0.799. The van der Waals surface area contributed by atoms with Gasteiger partial charge in [0.1, 0.15) is 0 Å². The maximum atomic E-state index is 13.1. The lowest BCUT2D eigenvalue weighted by Crippen LogP contribution is -2.57. The van der Waals surface area contributed by atoms with Gasteiger partial charge >= 0.3 is 11.8 Å². The largest absolute Gasteiger partial charge is 0.346 e. The zero-order chi connectivity index (χ0) is 31.7. The summed E-state index contributed by atoms with van der Waals surface area (Å²) >= 11 is 0. The van der Waals surface area contributed by atoms with E-state index in [4.69, 9.17) is 0 Å². The van der Waals surface area contributed by atoms with Crippen LogP contribution in [0.4, 0.5) is 0 Å². The number of quaternary nitrogens is 1. The first-order chi connectivity index (χ1) is 21.1. The fourth-order valence-electron chi connectivity index (χ4n) is 6.47. The number of rotatable bonds is 34. The van der Waals surface area contributed by atoms with Crippen molar-refractivity contribution in [2.75, 3.05) is 13.3 Å². The zero-order valence-corrected chi connectivity index (χ0v) is 29.8. The number of carbonyl (C=O) groups is 2. The SMILES string of the molecule is CCCCCCCCCCCCCCCCCC(=O)[N+](CC)(CO)C(=O)CCCCCCCCCCCCCCCCC. The van der Waals surface area contributed by atoms with E-state index in [1.807, 2.05) is 6.92 Å². The highest BCUT2D eigenvalue weighted by Crippen LogP contribution is 2.19. The number of hydrogen-bond acceptors (Lipinski definition) is 3. The van der Waals surface area contributed by atoms with E-state index < -0.39 is 0 Å². The third-order valence-corrected chi connectivity index (χ3v) is 9.72. The summed E-state index contributed by atoms with van der Waals surface area (Å²) in [6.45, 7) is 6.40. The number of aliphatic hydroxyl groups is 1. The predicted octanol–water partition coefficient (Wildman–Crippen LogP) is 12.3. The predicted molar refractivity (Wildman–Crippen MR) is 187 cm³/mol. The maximum Gasteiger partial charge on any atom is 0.322 e. The Kier molecular flexibility index (Phi) is 32.1. The van der Waals surface area contributed by atoms with Gasteiger partial charge in [-0.1, -0.05) is 194 Å². The Labute approximate surface area is 270 Å². The molecule has 4 nitrogen and oxygen atoms in total. The molecular formula is C39H78NO3+. The lowest BCUT2D eigenvalue weighted by atomic mass is 10.0.